The average Bonchev–Trinajstić information content (AvgIpc) is 2.16. The molecule has 90 valence electrons. The molecule has 1 aromatic rings. The van der Waals surface area contributed by atoms with Gasteiger partial charge in [-0.2, -0.15) is 13.2 Å². The van der Waals surface area contributed by atoms with Crippen LogP contribution in [0.2, 0.25) is 0 Å². The van der Waals surface area contributed by atoms with Gasteiger partial charge in [-0.25, -0.2) is 0 Å². The average molecular weight is 234 g/mol. The molecule has 0 aliphatic carbocycles. The molecule has 0 amide bonds. The molecule has 0 aliphatic rings. The quantitative estimate of drug-likeness (QED) is 0.869. The van der Waals surface area contributed by atoms with Crippen LogP contribution in [0.4, 0.5) is 18.9 Å². The molecule has 0 aromatic carbocycles. The van der Waals surface area contributed by atoms with Crippen molar-refractivity contribution in [2.75, 3.05) is 19.0 Å². The van der Waals surface area contributed by atoms with Gasteiger partial charge >= 0.3 is 6.18 Å². The van der Waals surface area contributed by atoms with E-state index in [2.05, 4.69) is 10.3 Å². The Kier molecular flexibility index (Phi) is 3.98. The summed E-state index contributed by atoms with van der Waals surface area (Å²) in [5.41, 5.74) is 1.24. The maximum atomic E-state index is 11.9. The van der Waals surface area contributed by atoms with Gasteiger partial charge in [-0.05, 0) is 13.0 Å². The summed E-state index contributed by atoms with van der Waals surface area (Å²) in [6.07, 6.45) is -3.55. The number of nitrogens with zero attached hydrogens (tertiary/aromatic N) is 1. The second-order valence-electron chi connectivity index (χ2n) is 3.32. The first-order valence-electron chi connectivity index (χ1n) is 4.73. The molecule has 0 radical (unpaired) electrons. The fourth-order valence-electron chi connectivity index (χ4n) is 1.19. The van der Waals surface area contributed by atoms with Crippen molar-refractivity contribution in [2.24, 2.45) is 0 Å². The maximum absolute atomic E-state index is 11.9. The third-order valence-corrected chi connectivity index (χ3v) is 1.95. The Morgan fingerprint density at radius 2 is 2.12 bits per heavy atom. The fourth-order valence-corrected chi connectivity index (χ4v) is 1.19. The minimum Gasteiger partial charge on any atom is -0.493 e. The summed E-state index contributed by atoms with van der Waals surface area (Å²) < 4.78 is 40.8. The van der Waals surface area contributed by atoms with Crippen LogP contribution in [-0.4, -0.2) is 24.8 Å². The highest BCUT2D eigenvalue weighted by Crippen LogP contribution is 2.25. The monoisotopic (exact) mass is 234 g/mol. The zero-order chi connectivity index (χ0) is 12.2. The Hall–Kier alpha value is -1.46. The van der Waals surface area contributed by atoms with Crippen molar-refractivity contribution in [2.45, 2.75) is 19.5 Å². The number of halogens is 3. The molecule has 0 fully saturated rings. The van der Waals surface area contributed by atoms with E-state index in [0.29, 0.717) is 11.4 Å². The lowest BCUT2D eigenvalue weighted by atomic mass is 10.3. The number of pyridine rings is 1. The summed E-state index contributed by atoms with van der Waals surface area (Å²) in [5, 5.41) is 2.68. The third-order valence-electron chi connectivity index (χ3n) is 1.95. The number of alkyl halides is 3. The highest BCUT2D eigenvalue weighted by Gasteiger charge is 2.26. The molecular formula is C10H13F3N2O. The predicted octanol–water partition coefficient (Wildman–Crippen LogP) is 2.76. The van der Waals surface area contributed by atoms with Crippen LogP contribution >= 0.6 is 0 Å². The van der Waals surface area contributed by atoms with E-state index in [1.165, 1.54) is 13.3 Å². The molecule has 1 rings (SSSR count). The van der Waals surface area contributed by atoms with E-state index in [-0.39, 0.29) is 6.54 Å². The van der Waals surface area contributed by atoms with Gasteiger partial charge in [0.05, 0.1) is 25.4 Å². The number of methoxy groups -OCH3 is 1. The highest BCUT2D eigenvalue weighted by atomic mass is 19.4. The number of ether oxygens (including phenoxy) is 1. The zero-order valence-corrected chi connectivity index (χ0v) is 9.06. The van der Waals surface area contributed by atoms with Crippen LogP contribution in [0.25, 0.3) is 0 Å². The Balaban J connectivity index is 2.62. The van der Waals surface area contributed by atoms with Gasteiger partial charge in [0.25, 0.3) is 0 Å². The second kappa shape index (κ2) is 5.05. The molecule has 0 saturated carbocycles. The van der Waals surface area contributed by atoms with Gasteiger partial charge in [-0.15, -0.1) is 0 Å². The van der Waals surface area contributed by atoms with E-state index < -0.39 is 12.6 Å². The summed E-state index contributed by atoms with van der Waals surface area (Å²) in [6, 6.07) is 1.65. The van der Waals surface area contributed by atoms with Crippen molar-refractivity contribution in [3.8, 4) is 5.75 Å². The highest BCUT2D eigenvalue weighted by molar-refractivity contribution is 5.55. The number of anilines is 1. The van der Waals surface area contributed by atoms with E-state index in [4.69, 9.17) is 4.74 Å². The number of rotatable bonds is 4. The largest absolute Gasteiger partial charge is 0.493 e. The Morgan fingerprint density at radius 1 is 1.44 bits per heavy atom. The first-order valence-corrected chi connectivity index (χ1v) is 4.73. The topological polar surface area (TPSA) is 34.1 Å². The van der Waals surface area contributed by atoms with Gasteiger partial charge in [-0.3, -0.25) is 4.98 Å². The molecule has 3 nitrogen and oxygen atoms in total. The van der Waals surface area contributed by atoms with E-state index in [1.54, 1.807) is 13.0 Å². The minimum absolute atomic E-state index is 0.177. The van der Waals surface area contributed by atoms with Crippen molar-refractivity contribution >= 4 is 5.69 Å². The number of hydrogen-bond donors (Lipinski definition) is 1. The lowest BCUT2D eigenvalue weighted by molar-refractivity contribution is -0.131. The standard InChI is InChI=1S/C10H13F3N2O/c1-7-5-8(9(16-2)6-15-7)14-4-3-10(11,12)13/h5-6H,3-4H2,1-2H3,(H,14,15). The molecule has 1 heterocycles. The predicted molar refractivity (Wildman–Crippen MR) is 54.7 cm³/mol. The first kappa shape index (κ1) is 12.6. The lowest BCUT2D eigenvalue weighted by Gasteiger charge is -2.12. The van der Waals surface area contributed by atoms with Crippen molar-refractivity contribution in [1.29, 1.82) is 0 Å². The maximum Gasteiger partial charge on any atom is 0.390 e. The van der Waals surface area contributed by atoms with Crippen molar-refractivity contribution < 1.29 is 17.9 Å². The Labute approximate surface area is 91.6 Å². The number of hydrogen-bond acceptors (Lipinski definition) is 3. The minimum atomic E-state index is -4.15. The first-order chi connectivity index (χ1) is 7.42. The van der Waals surface area contributed by atoms with E-state index in [0.717, 1.165) is 5.69 Å². The Bertz CT molecular complexity index is 352. The summed E-state index contributed by atoms with van der Waals surface area (Å²) in [6.45, 7) is 1.58. The summed E-state index contributed by atoms with van der Waals surface area (Å²) in [4.78, 5) is 3.98. The van der Waals surface area contributed by atoms with Crippen LogP contribution < -0.4 is 10.1 Å². The summed E-state index contributed by atoms with van der Waals surface area (Å²) in [7, 11) is 1.45. The smallest absolute Gasteiger partial charge is 0.390 e. The molecule has 16 heavy (non-hydrogen) atoms. The number of nitrogens with one attached hydrogen (secondary N) is 1. The van der Waals surface area contributed by atoms with Gasteiger partial charge in [0.1, 0.15) is 0 Å². The van der Waals surface area contributed by atoms with Crippen LogP contribution in [-0.2, 0) is 0 Å². The van der Waals surface area contributed by atoms with Crippen molar-refractivity contribution in [1.82, 2.24) is 4.98 Å². The Morgan fingerprint density at radius 3 is 2.69 bits per heavy atom. The molecule has 0 unspecified atom stereocenters. The molecule has 1 N–H and O–H groups in total. The normalized spacial score (nSPS) is 11.3. The van der Waals surface area contributed by atoms with Gasteiger partial charge in [0.15, 0.2) is 5.75 Å². The van der Waals surface area contributed by atoms with Gasteiger partial charge in [-0.1, -0.05) is 0 Å². The van der Waals surface area contributed by atoms with Crippen molar-refractivity contribution in [3.63, 3.8) is 0 Å². The van der Waals surface area contributed by atoms with Crippen LogP contribution in [0.3, 0.4) is 0 Å². The van der Waals surface area contributed by atoms with Gasteiger partial charge in [0, 0.05) is 12.2 Å². The van der Waals surface area contributed by atoms with Gasteiger partial charge < -0.3 is 10.1 Å². The molecule has 0 atom stereocenters. The molecule has 6 heteroatoms. The van der Waals surface area contributed by atoms with Crippen LogP contribution in [0.5, 0.6) is 5.75 Å². The van der Waals surface area contributed by atoms with Crippen LogP contribution in [0.1, 0.15) is 12.1 Å². The number of aromatic nitrogens is 1. The van der Waals surface area contributed by atoms with Crippen molar-refractivity contribution in [3.05, 3.63) is 18.0 Å². The summed E-state index contributed by atoms with van der Waals surface area (Å²) in [5.74, 6) is 0.438. The van der Waals surface area contributed by atoms with Crippen LogP contribution in [0.15, 0.2) is 12.3 Å². The molecule has 1 aromatic heterocycles. The molecule has 0 bridgehead atoms. The lowest BCUT2D eigenvalue weighted by Crippen LogP contribution is -2.15. The molecular weight excluding hydrogens is 221 g/mol. The molecule has 0 spiro atoms. The van der Waals surface area contributed by atoms with E-state index in [9.17, 15) is 13.2 Å². The molecule has 0 aliphatic heterocycles. The number of aryl methyl sites for hydroxylation is 1. The third kappa shape index (κ3) is 3.96. The fraction of sp³-hybridized carbons (Fsp3) is 0.500. The summed E-state index contributed by atoms with van der Waals surface area (Å²) >= 11 is 0. The van der Waals surface area contributed by atoms with Gasteiger partial charge in [0.2, 0.25) is 0 Å². The zero-order valence-electron chi connectivity index (χ0n) is 9.06. The van der Waals surface area contributed by atoms with Crippen LogP contribution in [0, 0.1) is 6.92 Å². The second-order valence-corrected chi connectivity index (χ2v) is 3.32. The van der Waals surface area contributed by atoms with E-state index in [1.807, 2.05) is 0 Å². The van der Waals surface area contributed by atoms with E-state index >= 15 is 0 Å². The SMILES string of the molecule is COc1cnc(C)cc1NCCC(F)(F)F. The molecule has 0 saturated heterocycles.